The number of carbonyl (C=O) groups excluding carboxylic acids is 2. The van der Waals surface area contributed by atoms with Crippen molar-refractivity contribution >= 4 is 23.2 Å². The van der Waals surface area contributed by atoms with E-state index in [-0.39, 0.29) is 17.9 Å². The molecule has 1 aromatic heterocycles. The highest BCUT2D eigenvalue weighted by molar-refractivity contribution is 7.09. The molecule has 1 aliphatic rings. The fourth-order valence-electron chi connectivity index (χ4n) is 2.87. The molecule has 0 aliphatic carbocycles. The van der Waals surface area contributed by atoms with Gasteiger partial charge in [-0.05, 0) is 31.9 Å². The molecule has 2 heterocycles. The number of hydrogen-bond acceptors (Lipinski definition) is 5. The Balaban J connectivity index is 1.52. The third-order valence-corrected chi connectivity index (χ3v) is 5.25. The van der Waals surface area contributed by atoms with Gasteiger partial charge < -0.3 is 16.0 Å². The lowest BCUT2D eigenvalue weighted by molar-refractivity contribution is 0.0697. The van der Waals surface area contributed by atoms with Crippen LogP contribution in [0.3, 0.4) is 0 Å². The fraction of sp³-hybridized carbons (Fsp3) is 0.389. The van der Waals surface area contributed by atoms with Gasteiger partial charge in [0.05, 0.1) is 0 Å². The number of hydrogen-bond donors (Lipinski definition) is 2. The monoisotopic (exact) mass is 358 g/mol. The molecule has 132 valence electrons. The van der Waals surface area contributed by atoms with Gasteiger partial charge in [0, 0.05) is 36.6 Å². The van der Waals surface area contributed by atoms with Crippen molar-refractivity contribution in [3.63, 3.8) is 0 Å². The number of aryl methyl sites for hydroxylation is 1. The molecule has 0 saturated carbocycles. The molecule has 0 atom stereocenters. The first-order valence-corrected chi connectivity index (χ1v) is 9.26. The molecule has 3 rings (SSSR count). The Morgan fingerprint density at radius 3 is 2.56 bits per heavy atom. The van der Waals surface area contributed by atoms with E-state index in [1.54, 1.807) is 5.38 Å². The van der Waals surface area contributed by atoms with Crippen molar-refractivity contribution in [3.05, 3.63) is 51.5 Å². The summed E-state index contributed by atoms with van der Waals surface area (Å²) in [7, 11) is 0. The number of benzene rings is 1. The first kappa shape index (κ1) is 17.6. The van der Waals surface area contributed by atoms with Crippen LogP contribution >= 0.6 is 11.3 Å². The first-order valence-electron chi connectivity index (χ1n) is 8.38. The Labute approximate surface area is 151 Å². The number of nitrogens with two attached hydrogens (primary N) is 1. The van der Waals surface area contributed by atoms with E-state index >= 15 is 0 Å². The lowest BCUT2D eigenvalue weighted by Crippen LogP contribution is -2.46. The fourth-order valence-corrected chi connectivity index (χ4v) is 3.53. The van der Waals surface area contributed by atoms with Gasteiger partial charge >= 0.3 is 0 Å². The molecule has 1 saturated heterocycles. The van der Waals surface area contributed by atoms with Crippen molar-refractivity contribution < 1.29 is 9.59 Å². The normalized spacial score (nSPS) is 15.2. The summed E-state index contributed by atoms with van der Waals surface area (Å²) >= 11 is 1.39. The smallest absolute Gasteiger partial charge is 0.270 e. The second kappa shape index (κ2) is 7.76. The Kier molecular flexibility index (Phi) is 5.45. The number of thiazole rings is 1. The average Bonchev–Trinajstić information content (AvgIpc) is 3.12. The molecule has 0 unspecified atom stereocenters. The van der Waals surface area contributed by atoms with Crippen LogP contribution in [0.25, 0.3) is 0 Å². The quantitative estimate of drug-likeness (QED) is 0.874. The topological polar surface area (TPSA) is 88.3 Å². The number of rotatable bonds is 4. The van der Waals surface area contributed by atoms with Gasteiger partial charge in [-0.15, -0.1) is 11.3 Å². The number of likely N-dealkylation sites (tertiary alicyclic amines) is 1. The molecule has 1 aromatic carbocycles. The van der Waals surface area contributed by atoms with Crippen molar-refractivity contribution in [2.75, 3.05) is 13.1 Å². The van der Waals surface area contributed by atoms with Gasteiger partial charge in [-0.1, -0.05) is 17.7 Å². The van der Waals surface area contributed by atoms with Gasteiger partial charge in [-0.2, -0.15) is 0 Å². The Morgan fingerprint density at radius 1 is 1.28 bits per heavy atom. The summed E-state index contributed by atoms with van der Waals surface area (Å²) in [5, 5.41) is 5.49. The Morgan fingerprint density at radius 2 is 1.96 bits per heavy atom. The molecule has 1 aliphatic heterocycles. The maximum Gasteiger partial charge on any atom is 0.270 e. The van der Waals surface area contributed by atoms with Gasteiger partial charge in [-0.3, -0.25) is 9.59 Å². The van der Waals surface area contributed by atoms with Crippen molar-refractivity contribution in [1.82, 2.24) is 15.2 Å². The summed E-state index contributed by atoms with van der Waals surface area (Å²) < 4.78 is 0. The van der Waals surface area contributed by atoms with Gasteiger partial charge in [-0.25, -0.2) is 4.98 Å². The molecule has 7 heteroatoms. The average molecular weight is 358 g/mol. The standard InChI is InChI=1S/C18H22N4O2S/c1-12-2-4-13(5-3-12)18(24)22-8-6-14(7-9-22)20-17(23)15-11-25-16(10-19)21-15/h2-5,11,14H,6-10,19H2,1H3,(H,20,23). The van der Waals surface area contributed by atoms with E-state index in [4.69, 9.17) is 5.73 Å². The van der Waals surface area contributed by atoms with E-state index in [0.29, 0.717) is 30.9 Å². The zero-order chi connectivity index (χ0) is 17.8. The summed E-state index contributed by atoms with van der Waals surface area (Å²) in [6.07, 6.45) is 1.49. The van der Waals surface area contributed by atoms with E-state index in [0.717, 1.165) is 23.4 Å². The maximum atomic E-state index is 12.5. The van der Waals surface area contributed by atoms with Crippen molar-refractivity contribution in [1.29, 1.82) is 0 Å². The van der Waals surface area contributed by atoms with Crippen LogP contribution in [-0.4, -0.2) is 40.8 Å². The summed E-state index contributed by atoms with van der Waals surface area (Å²) in [6, 6.07) is 7.69. The number of nitrogens with zero attached hydrogens (tertiary/aromatic N) is 2. The molecular formula is C18H22N4O2S. The minimum Gasteiger partial charge on any atom is -0.348 e. The van der Waals surface area contributed by atoms with Gasteiger partial charge in [0.25, 0.3) is 11.8 Å². The van der Waals surface area contributed by atoms with Crippen molar-refractivity contribution in [2.45, 2.75) is 32.4 Å². The van der Waals surface area contributed by atoms with E-state index in [1.165, 1.54) is 11.3 Å². The van der Waals surface area contributed by atoms with Crippen LogP contribution in [0, 0.1) is 6.92 Å². The highest BCUT2D eigenvalue weighted by Gasteiger charge is 2.25. The zero-order valence-corrected chi connectivity index (χ0v) is 15.0. The van der Waals surface area contributed by atoms with Gasteiger partial charge in [0.1, 0.15) is 10.7 Å². The third kappa shape index (κ3) is 4.24. The molecule has 2 aromatic rings. The number of amides is 2. The Bertz CT molecular complexity index is 749. The molecule has 0 spiro atoms. The van der Waals surface area contributed by atoms with Crippen LogP contribution in [0.5, 0.6) is 0 Å². The van der Waals surface area contributed by atoms with E-state index in [2.05, 4.69) is 10.3 Å². The van der Waals surface area contributed by atoms with Crippen molar-refractivity contribution in [2.24, 2.45) is 5.73 Å². The summed E-state index contributed by atoms with van der Waals surface area (Å²) in [4.78, 5) is 30.8. The first-order chi connectivity index (χ1) is 12.1. The van der Waals surface area contributed by atoms with E-state index < -0.39 is 0 Å². The van der Waals surface area contributed by atoms with Crippen LogP contribution in [0.2, 0.25) is 0 Å². The maximum absolute atomic E-state index is 12.5. The zero-order valence-electron chi connectivity index (χ0n) is 14.2. The van der Waals surface area contributed by atoms with Crippen LogP contribution < -0.4 is 11.1 Å². The third-order valence-electron chi connectivity index (χ3n) is 4.37. The molecule has 1 fully saturated rings. The molecule has 25 heavy (non-hydrogen) atoms. The summed E-state index contributed by atoms with van der Waals surface area (Å²) in [6.45, 7) is 3.63. The molecule has 2 amide bonds. The molecular weight excluding hydrogens is 336 g/mol. The van der Waals surface area contributed by atoms with Crippen LogP contribution in [0.4, 0.5) is 0 Å². The summed E-state index contributed by atoms with van der Waals surface area (Å²) in [5.74, 6) is -0.115. The number of nitrogens with one attached hydrogen (secondary N) is 1. The number of piperidine rings is 1. The van der Waals surface area contributed by atoms with Gasteiger partial charge in [0.2, 0.25) is 0 Å². The lowest BCUT2D eigenvalue weighted by atomic mass is 10.0. The van der Waals surface area contributed by atoms with Crippen LogP contribution in [0.15, 0.2) is 29.6 Å². The second-order valence-electron chi connectivity index (χ2n) is 6.24. The second-order valence-corrected chi connectivity index (χ2v) is 7.18. The lowest BCUT2D eigenvalue weighted by Gasteiger charge is -2.32. The van der Waals surface area contributed by atoms with Crippen LogP contribution in [0.1, 0.15) is 44.3 Å². The molecule has 3 N–H and O–H groups in total. The SMILES string of the molecule is Cc1ccc(C(=O)N2CCC(NC(=O)c3csc(CN)n3)CC2)cc1. The highest BCUT2D eigenvalue weighted by Crippen LogP contribution is 2.16. The summed E-state index contributed by atoms with van der Waals surface area (Å²) in [5.41, 5.74) is 7.80. The van der Waals surface area contributed by atoms with Gasteiger partial charge in [0.15, 0.2) is 0 Å². The highest BCUT2D eigenvalue weighted by atomic mass is 32.1. The number of aromatic nitrogens is 1. The largest absolute Gasteiger partial charge is 0.348 e. The molecule has 0 bridgehead atoms. The van der Waals surface area contributed by atoms with Crippen molar-refractivity contribution in [3.8, 4) is 0 Å². The predicted octanol–water partition coefficient (Wildman–Crippen LogP) is 1.94. The minimum atomic E-state index is -0.167. The van der Waals surface area contributed by atoms with Crippen LogP contribution in [-0.2, 0) is 6.54 Å². The van der Waals surface area contributed by atoms with E-state index in [9.17, 15) is 9.59 Å². The van der Waals surface area contributed by atoms with E-state index in [1.807, 2.05) is 36.1 Å². The Hall–Kier alpha value is -2.25. The minimum absolute atomic E-state index is 0.0527. The molecule has 0 radical (unpaired) electrons. The molecule has 6 nitrogen and oxygen atoms in total. The predicted molar refractivity (Wildman–Crippen MR) is 97.6 cm³/mol. The number of carbonyl (C=O) groups is 2.